The second-order valence-corrected chi connectivity index (χ2v) is 7.62. The fraction of sp³-hybridized carbons (Fsp3) is 0.240. The van der Waals surface area contributed by atoms with Gasteiger partial charge in [0.25, 0.3) is 5.56 Å². The molecule has 2 aromatic carbocycles. The smallest absolute Gasteiger partial charge is 0.331 e. The van der Waals surface area contributed by atoms with E-state index in [9.17, 15) is 9.59 Å². The monoisotopic (exact) mass is 431 g/mol. The molecule has 0 unspecified atom stereocenters. The summed E-state index contributed by atoms with van der Waals surface area (Å²) in [6.45, 7) is 2.61. The van der Waals surface area contributed by atoms with Gasteiger partial charge >= 0.3 is 5.69 Å². The highest BCUT2D eigenvalue weighted by Gasteiger charge is 2.15. The van der Waals surface area contributed by atoms with Crippen LogP contribution in [0.15, 0.2) is 70.4 Å². The molecule has 2 aromatic heterocycles. The fourth-order valence-electron chi connectivity index (χ4n) is 3.75. The highest BCUT2D eigenvalue weighted by atomic mass is 16.5. The molecule has 7 heteroatoms. The normalized spacial score (nSPS) is 11.0. The molecule has 0 aliphatic rings. The van der Waals surface area contributed by atoms with Crippen LogP contribution in [0, 0.1) is 6.92 Å². The van der Waals surface area contributed by atoms with E-state index in [2.05, 4.69) is 4.98 Å². The third kappa shape index (κ3) is 4.14. The number of methoxy groups -OCH3 is 2. The number of ether oxygens (including phenoxy) is 2. The van der Waals surface area contributed by atoms with E-state index in [1.807, 2.05) is 49.4 Å². The molecule has 2 heterocycles. The Kier molecular flexibility index (Phi) is 6.07. The number of aromatic nitrogens is 3. The Balaban J connectivity index is 1.74. The Labute approximate surface area is 185 Å². The number of hydrogen-bond acceptors (Lipinski definition) is 5. The van der Waals surface area contributed by atoms with Gasteiger partial charge in [-0.3, -0.25) is 13.9 Å². The van der Waals surface area contributed by atoms with Gasteiger partial charge in [0, 0.05) is 12.7 Å². The molecule has 0 fully saturated rings. The van der Waals surface area contributed by atoms with E-state index in [-0.39, 0.29) is 23.3 Å². The first-order valence-corrected chi connectivity index (χ1v) is 10.4. The Morgan fingerprint density at radius 3 is 2.31 bits per heavy atom. The van der Waals surface area contributed by atoms with Crippen LogP contribution in [0.25, 0.3) is 11.0 Å². The van der Waals surface area contributed by atoms with Crippen LogP contribution in [0.4, 0.5) is 0 Å². The van der Waals surface area contributed by atoms with Crippen LogP contribution in [-0.2, 0) is 19.5 Å². The summed E-state index contributed by atoms with van der Waals surface area (Å²) < 4.78 is 13.5. The minimum absolute atomic E-state index is 0.230. The SMILES string of the molecule is COc1ccc(CCn2c(=O)c3ncccc3n(Cc3ccc(C)cc3)c2=O)cc1OC. The molecule has 0 saturated carbocycles. The molecule has 0 N–H and O–H groups in total. The van der Waals surface area contributed by atoms with Crippen molar-refractivity contribution >= 4 is 11.0 Å². The quantitative estimate of drug-likeness (QED) is 0.449. The van der Waals surface area contributed by atoms with E-state index in [1.165, 1.54) is 4.57 Å². The molecule has 32 heavy (non-hydrogen) atoms. The summed E-state index contributed by atoms with van der Waals surface area (Å²) in [7, 11) is 3.15. The van der Waals surface area contributed by atoms with Gasteiger partial charge in [0.2, 0.25) is 0 Å². The number of fused-ring (bicyclic) bond motifs is 1. The van der Waals surface area contributed by atoms with Gasteiger partial charge in [0.05, 0.1) is 26.3 Å². The molecule has 0 spiro atoms. The van der Waals surface area contributed by atoms with Crippen molar-refractivity contribution in [3.63, 3.8) is 0 Å². The van der Waals surface area contributed by atoms with Gasteiger partial charge in [-0.2, -0.15) is 0 Å². The number of pyridine rings is 1. The van der Waals surface area contributed by atoms with Crippen LogP contribution < -0.4 is 20.7 Å². The van der Waals surface area contributed by atoms with E-state index in [0.29, 0.717) is 30.0 Å². The summed E-state index contributed by atoms with van der Waals surface area (Å²) in [6, 6.07) is 17.1. The predicted molar refractivity (Wildman–Crippen MR) is 124 cm³/mol. The lowest BCUT2D eigenvalue weighted by atomic mass is 10.1. The second-order valence-electron chi connectivity index (χ2n) is 7.62. The van der Waals surface area contributed by atoms with Crippen LogP contribution in [0.3, 0.4) is 0 Å². The van der Waals surface area contributed by atoms with Crippen LogP contribution in [0.2, 0.25) is 0 Å². The Hall–Kier alpha value is -3.87. The van der Waals surface area contributed by atoms with Crippen LogP contribution in [-0.4, -0.2) is 28.3 Å². The molecule has 4 rings (SSSR count). The first-order chi connectivity index (χ1) is 15.5. The van der Waals surface area contributed by atoms with Gasteiger partial charge < -0.3 is 9.47 Å². The highest BCUT2D eigenvalue weighted by molar-refractivity contribution is 5.73. The topological polar surface area (TPSA) is 75.4 Å². The van der Waals surface area contributed by atoms with Gasteiger partial charge in [0.15, 0.2) is 17.0 Å². The first-order valence-electron chi connectivity index (χ1n) is 10.4. The maximum Gasteiger partial charge on any atom is 0.331 e. The minimum Gasteiger partial charge on any atom is -0.493 e. The third-order valence-corrected chi connectivity index (χ3v) is 5.52. The molecule has 0 aliphatic heterocycles. The van der Waals surface area contributed by atoms with Crippen molar-refractivity contribution in [1.82, 2.24) is 14.1 Å². The lowest BCUT2D eigenvalue weighted by Crippen LogP contribution is -2.41. The summed E-state index contributed by atoms with van der Waals surface area (Å²) in [5, 5.41) is 0. The zero-order chi connectivity index (χ0) is 22.7. The van der Waals surface area contributed by atoms with E-state index < -0.39 is 0 Å². The number of nitrogens with zero attached hydrogens (tertiary/aromatic N) is 3. The van der Waals surface area contributed by atoms with Crippen molar-refractivity contribution in [1.29, 1.82) is 0 Å². The average molecular weight is 431 g/mol. The van der Waals surface area contributed by atoms with Crippen LogP contribution >= 0.6 is 0 Å². The van der Waals surface area contributed by atoms with Crippen molar-refractivity contribution in [2.24, 2.45) is 0 Å². The summed E-state index contributed by atoms with van der Waals surface area (Å²) >= 11 is 0. The number of benzene rings is 2. The summed E-state index contributed by atoms with van der Waals surface area (Å²) in [4.78, 5) is 30.7. The number of aryl methyl sites for hydroxylation is 2. The van der Waals surface area contributed by atoms with Crippen molar-refractivity contribution in [2.45, 2.75) is 26.4 Å². The van der Waals surface area contributed by atoms with Gasteiger partial charge in [-0.05, 0) is 48.7 Å². The molecular formula is C25H25N3O4. The standard InChI is InChI=1S/C25H25N3O4/c1-17-6-8-19(9-7-17)16-28-20-5-4-13-26-23(20)24(29)27(25(28)30)14-12-18-10-11-21(31-2)22(15-18)32-3/h4-11,13,15H,12,14,16H2,1-3H3. The molecule has 164 valence electrons. The van der Waals surface area contributed by atoms with Gasteiger partial charge in [-0.15, -0.1) is 0 Å². The number of rotatable bonds is 7. The second kappa shape index (κ2) is 9.09. The molecule has 0 radical (unpaired) electrons. The Bertz CT molecular complexity index is 1370. The first kappa shape index (κ1) is 21.4. The van der Waals surface area contributed by atoms with Gasteiger partial charge in [-0.1, -0.05) is 35.9 Å². The summed E-state index contributed by atoms with van der Waals surface area (Å²) in [5.74, 6) is 1.23. The largest absolute Gasteiger partial charge is 0.493 e. The van der Waals surface area contributed by atoms with E-state index in [0.717, 1.165) is 16.7 Å². The predicted octanol–water partition coefficient (Wildman–Crippen LogP) is 3.17. The van der Waals surface area contributed by atoms with Gasteiger partial charge in [-0.25, -0.2) is 9.78 Å². The van der Waals surface area contributed by atoms with E-state index in [4.69, 9.17) is 9.47 Å². The molecule has 0 saturated heterocycles. The Morgan fingerprint density at radius 1 is 0.875 bits per heavy atom. The molecular weight excluding hydrogens is 406 g/mol. The van der Waals surface area contributed by atoms with Crippen LogP contribution in [0.5, 0.6) is 11.5 Å². The lowest BCUT2D eigenvalue weighted by Gasteiger charge is -2.14. The van der Waals surface area contributed by atoms with Crippen LogP contribution in [0.1, 0.15) is 16.7 Å². The molecule has 0 bridgehead atoms. The lowest BCUT2D eigenvalue weighted by molar-refractivity contribution is 0.354. The third-order valence-electron chi connectivity index (χ3n) is 5.52. The molecule has 0 aliphatic carbocycles. The molecule has 4 aromatic rings. The van der Waals surface area contributed by atoms with E-state index in [1.54, 1.807) is 37.1 Å². The zero-order valence-electron chi connectivity index (χ0n) is 18.4. The summed E-state index contributed by atoms with van der Waals surface area (Å²) in [5.41, 5.74) is 3.14. The minimum atomic E-state index is -0.383. The maximum absolute atomic E-state index is 13.4. The number of hydrogen-bond donors (Lipinski definition) is 0. The molecule has 0 atom stereocenters. The van der Waals surface area contributed by atoms with Crippen molar-refractivity contribution in [2.75, 3.05) is 14.2 Å². The fourth-order valence-corrected chi connectivity index (χ4v) is 3.75. The van der Waals surface area contributed by atoms with Crippen molar-refractivity contribution in [3.8, 4) is 11.5 Å². The Morgan fingerprint density at radius 2 is 1.59 bits per heavy atom. The maximum atomic E-state index is 13.4. The average Bonchev–Trinajstić information content (AvgIpc) is 2.82. The summed E-state index contributed by atoms with van der Waals surface area (Å²) in [6.07, 6.45) is 2.06. The van der Waals surface area contributed by atoms with Gasteiger partial charge in [0.1, 0.15) is 0 Å². The van der Waals surface area contributed by atoms with Crippen molar-refractivity contribution in [3.05, 3.63) is 98.3 Å². The highest BCUT2D eigenvalue weighted by Crippen LogP contribution is 2.27. The molecule has 7 nitrogen and oxygen atoms in total. The van der Waals surface area contributed by atoms with E-state index >= 15 is 0 Å². The zero-order valence-corrected chi connectivity index (χ0v) is 18.4. The molecule has 0 amide bonds. The van der Waals surface area contributed by atoms with Crippen molar-refractivity contribution < 1.29 is 9.47 Å².